The van der Waals surface area contributed by atoms with E-state index in [-0.39, 0.29) is 17.2 Å². The third-order valence-corrected chi connectivity index (χ3v) is 4.51. The maximum absolute atomic E-state index is 11.9. The van der Waals surface area contributed by atoms with Gasteiger partial charge < -0.3 is 10.1 Å². The van der Waals surface area contributed by atoms with Gasteiger partial charge in [-0.25, -0.2) is 27.7 Å². The molecular weight excluding hydrogens is 324 g/mol. The number of aromatic nitrogens is 3. The van der Waals surface area contributed by atoms with Gasteiger partial charge in [0.05, 0.1) is 6.54 Å². The average molecular weight is 332 g/mol. The van der Waals surface area contributed by atoms with Gasteiger partial charge in [-0.2, -0.15) is 0 Å². The summed E-state index contributed by atoms with van der Waals surface area (Å²) in [5, 5.41) is 10.2. The molecule has 4 N–H and O–H groups in total. The fourth-order valence-electron chi connectivity index (χ4n) is 1.32. The number of thiazole rings is 1. The number of nitrogens with zero attached hydrogens (tertiary/aromatic N) is 1. The largest absolute Gasteiger partial charge is 0.476 e. The Morgan fingerprint density at radius 3 is 2.71 bits per heavy atom. The van der Waals surface area contributed by atoms with Crippen LogP contribution in [0.1, 0.15) is 15.5 Å². The number of aromatic amines is 2. The first-order valence-corrected chi connectivity index (χ1v) is 7.65. The summed E-state index contributed by atoms with van der Waals surface area (Å²) in [6.07, 6.45) is 0.772. The molecule has 21 heavy (non-hydrogen) atoms. The Morgan fingerprint density at radius 1 is 1.43 bits per heavy atom. The van der Waals surface area contributed by atoms with Gasteiger partial charge in [0.2, 0.25) is 10.0 Å². The first-order valence-electron chi connectivity index (χ1n) is 5.29. The van der Waals surface area contributed by atoms with E-state index in [9.17, 15) is 22.8 Å². The number of hydrogen-bond donors (Lipinski definition) is 4. The first-order chi connectivity index (χ1) is 9.79. The molecule has 12 heteroatoms. The molecule has 0 aliphatic carbocycles. The number of rotatable bonds is 5. The van der Waals surface area contributed by atoms with Crippen molar-refractivity contribution in [3.63, 3.8) is 0 Å². The highest BCUT2D eigenvalue weighted by Crippen LogP contribution is 2.10. The Bertz CT molecular complexity index is 893. The summed E-state index contributed by atoms with van der Waals surface area (Å²) in [7, 11) is -4.16. The van der Waals surface area contributed by atoms with E-state index in [2.05, 4.69) is 9.71 Å². The fourth-order valence-corrected chi connectivity index (χ4v) is 3.11. The highest BCUT2D eigenvalue weighted by atomic mass is 32.2. The van der Waals surface area contributed by atoms with E-state index >= 15 is 0 Å². The smallest absolute Gasteiger partial charge is 0.355 e. The van der Waals surface area contributed by atoms with Crippen molar-refractivity contribution in [1.82, 2.24) is 19.7 Å². The summed E-state index contributed by atoms with van der Waals surface area (Å²) in [6, 6.07) is 0. The van der Waals surface area contributed by atoms with E-state index in [1.807, 2.05) is 4.98 Å². The van der Waals surface area contributed by atoms with Crippen LogP contribution in [-0.2, 0) is 16.6 Å². The van der Waals surface area contributed by atoms with Gasteiger partial charge >= 0.3 is 11.7 Å². The maximum Gasteiger partial charge on any atom is 0.355 e. The lowest BCUT2D eigenvalue weighted by Crippen LogP contribution is -2.32. The predicted octanol–water partition coefficient (Wildman–Crippen LogP) is -1.30. The van der Waals surface area contributed by atoms with E-state index in [0.29, 0.717) is 0 Å². The molecule has 0 saturated carbocycles. The molecule has 0 unspecified atom stereocenters. The Labute approximate surface area is 120 Å². The van der Waals surface area contributed by atoms with Crippen molar-refractivity contribution >= 4 is 27.3 Å². The Balaban J connectivity index is 2.19. The van der Waals surface area contributed by atoms with Crippen LogP contribution in [0.3, 0.4) is 0 Å². The summed E-state index contributed by atoms with van der Waals surface area (Å²) in [6.45, 7) is -0.279. The molecule has 0 atom stereocenters. The molecule has 0 spiro atoms. The van der Waals surface area contributed by atoms with Crippen molar-refractivity contribution in [3.05, 3.63) is 43.1 Å². The molecule has 0 saturated heterocycles. The number of hydrogen-bond acceptors (Lipinski definition) is 7. The lowest BCUT2D eigenvalue weighted by molar-refractivity contribution is 0.0691. The lowest BCUT2D eigenvalue weighted by Gasteiger charge is -2.03. The maximum atomic E-state index is 11.9. The quantitative estimate of drug-likeness (QED) is 0.528. The highest BCUT2D eigenvalue weighted by Gasteiger charge is 2.19. The molecule has 2 heterocycles. The van der Waals surface area contributed by atoms with E-state index in [1.54, 1.807) is 4.98 Å². The third-order valence-electron chi connectivity index (χ3n) is 2.26. The molecule has 0 bridgehead atoms. The second-order valence-corrected chi connectivity index (χ2v) is 6.37. The monoisotopic (exact) mass is 332 g/mol. The molecule has 2 aromatic rings. The van der Waals surface area contributed by atoms with Crippen LogP contribution >= 0.6 is 11.3 Å². The average Bonchev–Trinajstić information content (AvgIpc) is 2.85. The van der Waals surface area contributed by atoms with Crippen molar-refractivity contribution in [2.75, 3.05) is 0 Å². The summed E-state index contributed by atoms with van der Waals surface area (Å²) in [4.78, 5) is 39.7. The number of carboxylic acid groups (broad SMARTS) is 1. The third kappa shape index (κ3) is 3.42. The molecule has 2 rings (SSSR count). The van der Waals surface area contributed by atoms with Crippen LogP contribution in [0.25, 0.3) is 0 Å². The van der Waals surface area contributed by atoms with Crippen LogP contribution < -0.4 is 16.0 Å². The molecule has 0 fully saturated rings. The summed E-state index contributed by atoms with van der Waals surface area (Å²) in [5.74, 6) is -1.22. The van der Waals surface area contributed by atoms with Crippen LogP contribution in [0.15, 0.2) is 26.1 Å². The first kappa shape index (κ1) is 15.1. The van der Waals surface area contributed by atoms with Crippen molar-refractivity contribution in [2.24, 2.45) is 0 Å². The molecule has 0 aliphatic rings. The van der Waals surface area contributed by atoms with E-state index in [0.717, 1.165) is 17.5 Å². The van der Waals surface area contributed by atoms with Gasteiger partial charge in [-0.05, 0) is 0 Å². The van der Waals surface area contributed by atoms with Gasteiger partial charge in [0.1, 0.15) is 5.01 Å². The van der Waals surface area contributed by atoms with Crippen LogP contribution in [0.2, 0.25) is 0 Å². The molecular formula is C9H8N4O6S2. The lowest BCUT2D eigenvalue weighted by atomic mass is 10.5. The van der Waals surface area contributed by atoms with Gasteiger partial charge in [0.25, 0.3) is 5.56 Å². The number of sulfonamides is 1. The Hall–Kier alpha value is -2.31. The zero-order valence-electron chi connectivity index (χ0n) is 10.1. The fraction of sp³-hybridized carbons (Fsp3) is 0.111. The highest BCUT2D eigenvalue weighted by molar-refractivity contribution is 7.89. The SMILES string of the molecule is O=C(O)c1csc(CNS(=O)(=O)c2c[nH]c(=O)[nH]c2=O)n1. The number of aromatic carboxylic acids is 1. The van der Waals surface area contributed by atoms with Crippen LogP contribution in [-0.4, -0.2) is 34.4 Å². The predicted molar refractivity (Wildman–Crippen MR) is 70.8 cm³/mol. The molecule has 0 radical (unpaired) electrons. The number of H-pyrrole nitrogens is 2. The Kier molecular flexibility index (Phi) is 4.02. The van der Waals surface area contributed by atoms with Crippen molar-refractivity contribution in [1.29, 1.82) is 0 Å². The van der Waals surface area contributed by atoms with Crippen LogP contribution in [0.5, 0.6) is 0 Å². The minimum absolute atomic E-state index is 0.198. The molecule has 0 amide bonds. The van der Waals surface area contributed by atoms with Crippen LogP contribution in [0, 0.1) is 0 Å². The molecule has 0 aromatic carbocycles. The van der Waals surface area contributed by atoms with E-state index in [4.69, 9.17) is 5.11 Å². The standard InChI is InChI=1S/C9H8N4O6S2/c14-7-5(1-10-9(17)13-7)21(18,19)11-2-6-12-4(3-20-6)8(15)16/h1,3,11H,2H2,(H,15,16)(H2,10,13,14,17). The summed E-state index contributed by atoms with van der Waals surface area (Å²) >= 11 is 0.958. The van der Waals surface area contributed by atoms with Gasteiger partial charge in [-0.1, -0.05) is 0 Å². The normalized spacial score (nSPS) is 11.4. The van der Waals surface area contributed by atoms with E-state index in [1.165, 1.54) is 5.38 Å². The molecule has 112 valence electrons. The van der Waals surface area contributed by atoms with Crippen molar-refractivity contribution < 1.29 is 18.3 Å². The zero-order valence-corrected chi connectivity index (χ0v) is 11.7. The topological polar surface area (TPSA) is 162 Å². The van der Waals surface area contributed by atoms with Gasteiger partial charge in [-0.3, -0.25) is 9.78 Å². The molecule has 10 nitrogen and oxygen atoms in total. The van der Waals surface area contributed by atoms with Gasteiger partial charge in [0, 0.05) is 11.6 Å². The number of nitrogens with one attached hydrogen (secondary N) is 3. The number of carboxylic acids is 1. The van der Waals surface area contributed by atoms with Gasteiger partial charge in [0.15, 0.2) is 10.6 Å². The zero-order chi connectivity index (χ0) is 15.6. The summed E-state index contributed by atoms with van der Waals surface area (Å²) in [5.41, 5.74) is -2.09. The summed E-state index contributed by atoms with van der Waals surface area (Å²) < 4.78 is 25.9. The molecule has 2 aromatic heterocycles. The van der Waals surface area contributed by atoms with Gasteiger partial charge in [-0.15, -0.1) is 11.3 Å². The molecule has 0 aliphatic heterocycles. The van der Waals surface area contributed by atoms with Crippen molar-refractivity contribution in [2.45, 2.75) is 11.4 Å². The minimum atomic E-state index is -4.16. The minimum Gasteiger partial charge on any atom is -0.476 e. The van der Waals surface area contributed by atoms with Crippen molar-refractivity contribution in [3.8, 4) is 0 Å². The second-order valence-electron chi connectivity index (χ2n) is 3.69. The number of carbonyl (C=O) groups is 1. The van der Waals surface area contributed by atoms with E-state index < -0.39 is 32.1 Å². The Morgan fingerprint density at radius 2 is 2.14 bits per heavy atom. The van der Waals surface area contributed by atoms with Crippen LogP contribution in [0.4, 0.5) is 0 Å². The second kappa shape index (κ2) is 5.59.